The van der Waals surface area contributed by atoms with Gasteiger partial charge in [0, 0.05) is 6.42 Å². The highest BCUT2D eigenvalue weighted by Crippen LogP contribution is 2.29. The number of imide groups is 1. The number of carbonyl (C=O) groups excluding carboxylic acids is 3. The Morgan fingerprint density at radius 2 is 1.74 bits per heavy atom. The molecular formula is C27H24N2O5. The van der Waals surface area contributed by atoms with E-state index in [0.717, 1.165) is 17.7 Å². The van der Waals surface area contributed by atoms with Crippen molar-refractivity contribution in [2.24, 2.45) is 0 Å². The van der Waals surface area contributed by atoms with E-state index in [9.17, 15) is 14.4 Å². The second kappa shape index (κ2) is 9.02. The van der Waals surface area contributed by atoms with Gasteiger partial charge in [0.2, 0.25) is 0 Å². The quantitative estimate of drug-likeness (QED) is 0.549. The highest BCUT2D eigenvalue weighted by Gasteiger charge is 2.35. The summed E-state index contributed by atoms with van der Waals surface area (Å²) in [5.41, 5.74) is 2.93. The fourth-order valence-corrected chi connectivity index (χ4v) is 4.37. The van der Waals surface area contributed by atoms with Crippen molar-refractivity contribution < 1.29 is 23.9 Å². The Kier molecular flexibility index (Phi) is 5.76. The molecule has 0 fully saturated rings. The van der Waals surface area contributed by atoms with Gasteiger partial charge in [-0.15, -0.1) is 0 Å². The molecule has 3 aromatic rings. The summed E-state index contributed by atoms with van der Waals surface area (Å²) in [7, 11) is 0. The van der Waals surface area contributed by atoms with Crippen molar-refractivity contribution in [3.05, 3.63) is 94.5 Å². The summed E-state index contributed by atoms with van der Waals surface area (Å²) >= 11 is 0. The number of hydrogen-bond donors (Lipinski definition) is 1. The van der Waals surface area contributed by atoms with Crippen LogP contribution < -0.4 is 14.8 Å². The first-order chi connectivity index (χ1) is 16.5. The van der Waals surface area contributed by atoms with E-state index in [0.29, 0.717) is 41.2 Å². The third-order valence-corrected chi connectivity index (χ3v) is 6.01. The molecule has 0 spiro atoms. The molecule has 0 saturated carbocycles. The van der Waals surface area contributed by atoms with Crippen LogP contribution in [0.4, 0.5) is 0 Å². The molecule has 3 aromatic carbocycles. The molecule has 5 rings (SSSR count). The number of benzene rings is 3. The number of nitrogens with one attached hydrogen (secondary N) is 1. The minimum Gasteiger partial charge on any atom is -0.493 e. The fraction of sp³-hybridized carbons (Fsp3) is 0.222. The second-order valence-electron chi connectivity index (χ2n) is 8.27. The van der Waals surface area contributed by atoms with Crippen LogP contribution in [0.15, 0.2) is 66.7 Å². The molecule has 0 saturated heterocycles. The molecule has 1 N–H and O–H groups in total. The molecule has 0 radical (unpaired) electrons. The lowest BCUT2D eigenvalue weighted by molar-refractivity contribution is 0.0642. The first-order valence-electron chi connectivity index (χ1n) is 11.3. The second-order valence-corrected chi connectivity index (χ2v) is 8.27. The van der Waals surface area contributed by atoms with Crippen LogP contribution in [0, 0.1) is 0 Å². The van der Waals surface area contributed by atoms with E-state index in [1.54, 1.807) is 42.5 Å². The largest absolute Gasteiger partial charge is 0.493 e. The molecule has 2 aliphatic heterocycles. The average molecular weight is 456 g/mol. The van der Waals surface area contributed by atoms with Crippen LogP contribution >= 0.6 is 0 Å². The van der Waals surface area contributed by atoms with Gasteiger partial charge >= 0.3 is 0 Å². The lowest BCUT2D eigenvalue weighted by Gasteiger charge is -2.17. The maximum atomic E-state index is 13.1. The summed E-state index contributed by atoms with van der Waals surface area (Å²) in [5.74, 6) is 0.325. The van der Waals surface area contributed by atoms with Crippen molar-refractivity contribution in [1.82, 2.24) is 10.2 Å². The van der Waals surface area contributed by atoms with Crippen LogP contribution in [0.25, 0.3) is 0 Å². The van der Waals surface area contributed by atoms with Crippen molar-refractivity contribution >= 4 is 17.7 Å². The lowest BCUT2D eigenvalue weighted by Crippen LogP contribution is -2.35. The number of para-hydroxylation sites is 1. The zero-order valence-corrected chi connectivity index (χ0v) is 18.7. The Morgan fingerprint density at radius 1 is 1.03 bits per heavy atom. The van der Waals surface area contributed by atoms with E-state index >= 15 is 0 Å². The predicted molar refractivity (Wildman–Crippen MR) is 125 cm³/mol. The van der Waals surface area contributed by atoms with Crippen LogP contribution in [-0.2, 0) is 13.0 Å². The van der Waals surface area contributed by atoms with E-state index in [1.807, 2.05) is 31.2 Å². The van der Waals surface area contributed by atoms with Gasteiger partial charge in [0.05, 0.1) is 36.4 Å². The number of rotatable bonds is 7. The number of amides is 3. The normalized spacial score (nSPS) is 16.1. The highest BCUT2D eigenvalue weighted by atomic mass is 16.5. The SMILES string of the molecule is CCOc1ccc(CN2C(=O)c3ccccc3C2=O)cc1C(=O)NCC1Cc2ccccc2O1. The molecule has 34 heavy (non-hydrogen) atoms. The topological polar surface area (TPSA) is 84.9 Å². The number of hydrogen-bond acceptors (Lipinski definition) is 5. The third kappa shape index (κ3) is 4.01. The van der Waals surface area contributed by atoms with Crippen LogP contribution in [0.2, 0.25) is 0 Å². The Balaban J connectivity index is 1.31. The highest BCUT2D eigenvalue weighted by molar-refractivity contribution is 6.21. The van der Waals surface area contributed by atoms with Crippen molar-refractivity contribution in [1.29, 1.82) is 0 Å². The summed E-state index contributed by atoms with van der Waals surface area (Å²) in [6.07, 6.45) is 0.590. The lowest BCUT2D eigenvalue weighted by atomic mass is 10.1. The fourth-order valence-electron chi connectivity index (χ4n) is 4.37. The van der Waals surface area contributed by atoms with Gasteiger partial charge in [0.25, 0.3) is 17.7 Å². The third-order valence-electron chi connectivity index (χ3n) is 6.01. The van der Waals surface area contributed by atoms with Crippen LogP contribution in [0.1, 0.15) is 49.1 Å². The molecule has 0 aliphatic carbocycles. The van der Waals surface area contributed by atoms with Gasteiger partial charge in [-0.3, -0.25) is 19.3 Å². The summed E-state index contributed by atoms with van der Waals surface area (Å²) in [6.45, 7) is 2.67. The maximum absolute atomic E-state index is 13.1. The smallest absolute Gasteiger partial charge is 0.261 e. The summed E-state index contributed by atoms with van der Waals surface area (Å²) in [5, 5.41) is 2.94. The number of ether oxygens (including phenoxy) is 2. The number of nitrogens with zero attached hydrogens (tertiary/aromatic N) is 1. The van der Waals surface area contributed by atoms with Crippen LogP contribution in [0.5, 0.6) is 11.5 Å². The van der Waals surface area contributed by atoms with E-state index in [-0.39, 0.29) is 30.4 Å². The Hall–Kier alpha value is -4.13. The first kappa shape index (κ1) is 21.7. The molecule has 1 atom stereocenters. The zero-order chi connectivity index (χ0) is 23.7. The van der Waals surface area contributed by atoms with Gasteiger partial charge in [0.1, 0.15) is 17.6 Å². The van der Waals surface area contributed by atoms with E-state index in [2.05, 4.69) is 5.32 Å². The summed E-state index contributed by atoms with van der Waals surface area (Å²) < 4.78 is 11.6. The molecule has 0 aromatic heterocycles. The number of fused-ring (bicyclic) bond motifs is 2. The Bertz CT molecular complexity index is 1230. The minimum absolute atomic E-state index is 0.0695. The van der Waals surface area contributed by atoms with Crippen molar-refractivity contribution in [3.8, 4) is 11.5 Å². The summed E-state index contributed by atoms with van der Waals surface area (Å²) in [4.78, 5) is 39.7. The van der Waals surface area contributed by atoms with Crippen LogP contribution in [-0.4, -0.2) is 41.9 Å². The molecule has 3 amide bonds. The van der Waals surface area contributed by atoms with Crippen LogP contribution in [0.3, 0.4) is 0 Å². The van der Waals surface area contributed by atoms with Gasteiger partial charge in [-0.1, -0.05) is 36.4 Å². The Morgan fingerprint density at radius 3 is 2.44 bits per heavy atom. The molecule has 0 bridgehead atoms. The molecule has 7 nitrogen and oxygen atoms in total. The zero-order valence-electron chi connectivity index (χ0n) is 18.7. The van der Waals surface area contributed by atoms with E-state index in [4.69, 9.17) is 9.47 Å². The molecule has 1 unspecified atom stereocenters. The Labute approximate surface area is 197 Å². The first-order valence-corrected chi connectivity index (χ1v) is 11.3. The predicted octanol–water partition coefficient (Wildman–Crippen LogP) is 3.62. The molecule has 172 valence electrons. The molecule has 2 aliphatic rings. The summed E-state index contributed by atoms with van der Waals surface area (Å²) in [6, 6.07) is 19.8. The van der Waals surface area contributed by atoms with Gasteiger partial charge in [-0.2, -0.15) is 0 Å². The van der Waals surface area contributed by atoms with Gasteiger partial charge in [-0.25, -0.2) is 0 Å². The van der Waals surface area contributed by atoms with E-state index < -0.39 is 0 Å². The maximum Gasteiger partial charge on any atom is 0.261 e. The standard InChI is InChI=1S/C27H24N2O5/c1-2-33-24-12-11-17(16-29-26(31)20-8-4-5-9-21(20)27(29)32)13-22(24)25(30)28-15-19-14-18-7-3-6-10-23(18)34-19/h3-13,19H,2,14-16H2,1H3,(H,28,30). The monoisotopic (exact) mass is 456 g/mol. The number of carbonyl (C=O) groups is 3. The minimum atomic E-state index is -0.335. The molecule has 7 heteroatoms. The molecule has 2 heterocycles. The van der Waals surface area contributed by atoms with Crippen molar-refractivity contribution in [3.63, 3.8) is 0 Å². The molecular weight excluding hydrogens is 432 g/mol. The van der Waals surface area contributed by atoms with Gasteiger partial charge in [0.15, 0.2) is 0 Å². The van der Waals surface area contributed by atoms with E-state index in [1.165, 1.54) is 4.90 Å². The average Bonchev–Trinajstić information content (AvgIpc) is 3.38. The van der Waals surface area contributed by atoms with Gasteiger partial charge in [-0.05, 0) is 48.4 Å². The van der Waals surface area contributed by atoms with Crippen molar-refractivity contribution in [2.45, 2.75) is 26.0 Å². The van der Waals surface area contributed by atoms with Crippen molar-refractivity contribution in [2.75, 3.05) is 13.2 Å². The van der Waals surface area contributed by atoms with Gasteiger partial charge < -0.3 is 14.8 Å².